The van der Waals surface area contributed by atoms with E-state index in [0.29, 0.717) is 30.2 Å². The van der Waals surface area contributed by atoms with Crippen molar-refractivity contribution in [3.05, 3.63) is 94.8 Å². The highest BCUT2D eigenvalue weighted by Crippen LogP contribution is 2.29. The second-order valence-electron chi connectivity index (χ2n) is 8.30. The second kappa shape index (κ2) is 12.3. The summed E-state index contributed by atoms with van der Waals surface area (Å²) in [5.74, 6) is 2.22. The molecule has 0 unspecified atom stereocenters. The molecule has 0 spiro atoms. The number of halogens is 1. The Morgan fingerprint density at radius 3 is 2.75 bits per heavy atom. The summed E-state index contributed by atoms with van der Waals surface area (Å²) in [4.78, 5) is 17.3. The summed E-state index contributed by atoms with van der Waals surface area (Å²) in [5, 5.41) is 3.51. The SMILES string of the molecule is C/C=C/c1ccc(OCCCn2c(CCNC(=O)c3cccc(Cl)c3)nc3ccccc32)c(OC)c1. The van der Waals surface area contributed by atoms with E-state index in [-0.39, 0.29) is 5.91 Å². The van der Waals surface area contributed by atoms with Gasteiger partial charge in [0.05, 0.1) is 24.8 Å². The number of fused-ring (bicyclic) bond motifs is 1. The van der Waals surface area contributed by atoms with Crippen LogP contribution >= 0.6 is 11.6 Å². The van der Waals surface area contributed by atoms with Gasteiger partial charge in [0, 0.05) is 30.1 Å². The van der Waals surface area contributed by atoms with Crippen LogP contribution in [0.15, 0.2) is 72.8 Å². The van der Waals surface area contributed by atoms with Gasteiger partial charge >= 0.3 is 0 Å². The van der Waals surface area contributed by atoms with Crippen molar-refractivity contribution in [1.29, 1.82) is 0 Å². The van der Waals surface area contributed by atoms with Crippen LogP contribution < -0.4 is 14.8 Å². The van der Waals surface area contributed by atoms with Gasteiger partial charge in [-0.25, -0.2) is 4.98 Å². The van der Waals surface area contributed by atoms with Crippen LogP contribution in [-0.4, -0.2) is 35.7 Å². The van der Waals surface area contributed by atoms with E-state index in [0.717, 1.165) is 46.9 Å². The molecule has 0 saturated carbocycles. The van der Waals surface area contributed by atoms with Crippen molar-refractivity contribution >= 4 is 34.6 Å². The first-order valence-electron chi connectivity index (χ1n) is 12.0. The zero-order valence-corrected chi connectivity index (χ0v) is 21.3. The Labute approximate surface area is 216 Å². The maximum atomic E-state index is 12.5. The van der Waals surface area contributed by atoms with Gasteiger partial charge in [-0.2, -0.15) is 0 Å². The Morgan fingerprint density at radius 2 is 1.94 bits per heavy atom. The molecule has 1 N–H and O–H groups in total. The lowest BCUT2D eigenvalue weighted by molar-refractivity contribution is 0.0954. The molecule has 7 heteroatoms. The molecule has 0 saturated heterocycles. The van der Waals surface area contributed by atoms with Crippen molar-refractivity contribution in [3.8, 4) is 11.5 Å². The Kier molecular flexibility index (Phi) is 8.63. The van der Waals surface area contributed by atoms with E-state index in [1.54, 1.807) is 31.4 Å². The number of carbonyl (C=O) groups is 1. The van der Waals surface area contributed by atoms with E-state index in [4.69, 9.17) is 26.1 Å². The minimum Gasteiger partial charge on any atom is -0.493 e. The molecule has 4 rings (SSSR count). The predicted octanol–water partition coefficient (Wildman–Crippen LogP) is 6.17. The average Bonchev–Trinajstić information content (AvgIpc) is 3.24. The first-order valence-corrected chi connectivity index (χ1v) is 12.4. The molecule has 1 amide bonds. The van der Waals surface area contributed by atoms with E-state index in [9.17, 15) is 4.79 Å². The number of amides is 1. The van der Waals surface area contributed by atoms with Gasteiger partial charge in [-0.05, 0) is 61.4 Å². The molecule has 1 aromatic heterocycles. The van der Waals surface area contributed by atoms with Gasteiger partial charge in [0.15, 0.2) is 11.5 Å². The largest absolute Gasteiger partial charge is 0.493 e. The van der Waals surface area contributed by atoms with Gasteiger partial charge in [-0.1, -0.05) is 48.0 Å². The quantitative estimate of drug-likeness (QED) is 0.248. The number of hydrogen-bond donors (Lipinski definition) is 1. The number of carbonyl (C=O) groups excluding carboxylic acids is 1. The van der Waals surface area contributed by atoms with Crippen LogP contribution in [0.5, 0.6) is 11.5 Å². The summed E-state index contributed by atoms with van der Waals surface area (Å²) < 4.78 is 13.7. The van der Waals surface area contributed by atoms with Crippen LogP contribution in [0.1, 0.15) is 35.1 Å². The monoisotopic (exact) mass is 503 g/mol. The fraction of sp³-hybridized carbons (Fsp3) is 0.241. The number of aryl methyl sites for hydroxylation is 1. The number of ether oxygens (including phenoxy) is 2. The summed E-state index contributed by atoms with van der Waals surface area (Å²) in [7, 11) is 1.65. The lowest BCUT2D eigenvalue weighted by Gasteiger charge is -2.13. The lowest BCUT2D eigenvalue weighted by Crippen LogP contribution is -2.26. The molecule has 0 aliphatic heterocycles. The van der Waals surface area contributed by atoms with Crippen molar-refractivity contribution in [2.45, 2.75) is 26.3 Å². The number of methoxy groups -OCH3 is 1. The molecule has 0 atom stereocenters. The maximum absolute atomic E-state index is 12.5. The van der Waals surface area contributed by atoms with Crippen molar-refractivity contribution in [1.82, 2.24) is 14.9 Å². The highest BCUT2D eigenvalue weighted by molar-refractivity contribution is 6.30. The van der Waals surface area contributed by atoms with E-state index >= 15 is 0 Å². The van der Waals surface area contributed by atoms with Crippen LogP contribution in [0, 0.1) is 0 Å². The number of imidazole rings is 1. The Morgan fingerprint density at radius 1 is 1.08 bits per heavy atom. The van der Waals surface area contributed by atoms with E-state index < -0.39 is 0 Å². The summed E-state index contributed by atoms with van der Waals surface area (Å²) in [5.41, 5.74) is 3.62. The van der Waals surface area contributed by atoms with Crippen molar-refractivity contribution in [2.24, 2.45) is 0 Å². The molecular formula is C29H30ClN3O3. The number of para-hydroxylation sites is 2. The summed E-state index contributed by atoms with van der Waals surface area (Å²) >= 11 is 6.01. The van der Waals surface area contributed by atoms with Crippen LogP contribution in [0.2, 0.25) is 5.02 Å². The number of benzene rings is 3. The van der Waals surface area contributed by atoms with Crippen LogP contribution in [0.4, 0.5) is 0 Å². The standard InChI is InChI=1S/C29H30ClN3O3/c1-3-8-21-13-14-26(27(19-21)35-2)36-18-7-17-33-25-12-5-4-11-24(25)32-28(33)15-16-31-29(34)22-9-6-10-23(30)20-22/h3-6,8-14,19-20H,7,15-18H2,1-2H3,(H,31,34)/b8-3+. The topological polar surface area (TPSA) is 65.4 Å². The van der Waals surface area contributed by atoms with Crippen LogP contribution in [0.25, 0.3) is 17.1 Å². The fourth-order valence-corrected chi connectivity index (χ4v) is 4.28. The molecular weight excluding hydrogens is 474 g/mol. The first-order chi connectivity index (χ1) is 17.6. The van der Waals surface area contributed by atoms with Gasteiger partial charge in [-0.3, -0.25) is 4.79 Å². The summed E-state index contributed by atoms with van der Waals surface area (Å²) in [6.07, 6.45) is 5.42. The Balaban J connectivity index is 1.38. The van der Waals surface area contributed by atoms with Crippen LogP contribution in [0.3, 0.4) is 0 Å². The number of nitrogens with one attached hydrogen (secondary N) is 1. The highest BCUT2D eigenvalue weighted by Gasteiger charge is 2.12. The third-order valence-corrected chi connectivity index (χ3v) is 6.02. The van der Waals surface area contributed by atoms with Gasteiger partial charge in [0.1, 0.15) is 5.82 Å². The fourth-order valence-electron chi connectivity index (χ4n) is 4.09. The van der Waals surface area contributed by atoms with E-state index in [1.165, 1.54) is 0 Å². The van der Waals surface area contributed by atoms with E-state index in [2.05, 4.69) is 16.0 Å². The van der Waals surface area contributed by atoms with Crippen molar-refractivity contribution < 1.29 is 14.3 Å². The number of hydrogen-bond acceptors (Lipinski definition) is 4. The minimum atomic E-state index is -0.150. The highest BCUT2D eigenvalue weighted by atomic mass is 35.5. The summed E-state index contributed by atoms with van der Waals surface area (Å²) in [6.45, 7) is 3.74. The molecule has 186 valence electrons. The van der Waals surface area contributed by atoms with Gasteiger partial charge < -0.3 is 19.4 Å². The molecule has 4 aromatic rings. The molecule has 36 heavy (non-hydrogen) atoms. The maximum Gasteiger partial charge on any atom is 0.251 e. The minimum absolute atomic E-state index is 0.150. The number of nitrogens with zero attached hydrogens (tertiary/aromatic N) is 2. The molecule has 0 bridgehead atoms. The van der Waals surface area contributed by atoms with Gasteiger partial charge in [-0.15, -0.1) is 0 Å². The van der Waals surface area contributed by atoms with Crippen molar-refractivity contribution in [2.75, 3.05) is 20.3 Å². The molecule has 0 aliphatic rings. The molecule has 0 radical (unpaired) electrons. The molecule has 1 heterocycles. The van der Waals surface area contributed by atoms with Gasteiger partial charge in [0.25, 0.3) is 5.91 Å². The normalized spacial score (nSPS) is 11.2. The Hall–Kier alpha value is -3.77. The van der Waals surface area contributed by atoms with E-state index in [1.807, 2.05) is 55.5 Å². The number of aromatic nitrogens is 2. The first kappa shape index (κ1) is 25.3. The molecule has 0 fully saturated rings. The zero-order chi connectivity index (χ0) is 25.3. The number of allylic oxidation sites excluding steroid dienone is 1. The molecule has 6 nitrogen and oxygen atoms in total. The van der Waals surface area contributed by atoms with Crippen LogP contribution in [-0.2, 0) is 13.0 Å². The zero-order valence-electron chi connectivity index (χ0n) is 20.5. The smallest absolute Gasteiger partial charge is 0.251 e. The van der Waals surface area contributed by atoms with Crippen molar-refractivity contribution in [3.63, 3.8) is 0 Å². The Bertz CT molecular complexity index is 1360. The second-order valence-corrected chi connectivity index (χ2v) is 8.73. The predicted molar refractivity (Wildman–Crippen MR) is 145 cm³/mol. The third kappa shape index (κ3) is 6.26. The third-order valence-electron chi connectivity index (χ3n) is 5.78. The molecule has 0 aliphatic carbocycles. The average molecular weight is 504 g/mol. The summed E-state index contributed by atoms with van der Waals surface area (Å²) in [6, 6.07) is 20.9. The van der Waals surface area contributed by atoms with Gasteiger partial charge in [0.2, 0.25) is 0 Å². The molecule has 3 aromatic carbocycles. The lowest BCUT2D eigenvalue weighted by atomic mass is 10.2. The number of rotatable bonds is 11.